The van der Waals surface area contributed by atoms with Gasteiger partial charge >= 0.3 is 6.09 Å². The number of carbonyl (C=O) groups is 1. The molecular weight excluding hydrogens is 360 g/mol. The van der Waals surface area contributed by atoms with Gasteiger partial charge in [0.1, 0.15) is 12.1 Å². The van der Waals surface area contributed by atoms with Crippen molar-refractivity contribution >= 4 is 22.0 Å². The fourth-order valence-corrected chi connectivity index (χ4v) is 2.78. The molecule has 0 aliphatic carbocycles. The molecule has 1 aliphatic rings. The summed E-state index contributed by atoms with van der Waals surface area (Å²) in [6, 6.07) is 13.4. The number of carbonyl (C=O) groups excluding carboxylic acids is 1. The van der Waals surface area contributed by atoms with Gasteiger partial charge in [0.25, 0.3) is 0 Å². The monoisotopic (exact) mass is 376 g/mol. The minimum atomic E-state index is -0.630. The first kappa shape index (κ1) is 16.0. The number of benzene rings is 1. The summed E-state index contributed by atoms with van der Waals surface area (Å²) >= 11 is 3.37. The number of hydrogen-bond acceptors (Lipinski definition) is 4. The fraction of sp³-hybridized carbons (Fsp3) is 0.294. The van der Waals surface area contributed by atoms with Crippen LogP contribution in [0.5, 0.6) is 0 Å². The van der Waals surface area contributed by atoms with E-state index >= 15 is 0 Å². The van der Waals surface area contributed by atoms with Gasteiger partial charge < -0.3 is 14.8 Å². The van der Waals surface area contributed by atoms with Crippen molar-refractivity contribution < 1.29 is 14.3 Å². The lowest BCUT2D eigenvalue weighted by molar-refractivity contribution is 0.116. The molecule has 1 aliphatic heterocycles. The first-order valence-corrected chi connectivity index (χ1v) is 8.16. The van der Waals surface area contributed by atoms with Crippen molar-refractivity contribution in [3.8, 4) is 0 Å². The Bertz CT molecular complexity index is 655. The fourth-order valence-electron chi connectivity index (χ4n) is 2.54. The van der Waals surface area contributed by atoms with Gasteiger partial charge in [0.2, 0.25) is 0 Å². The highest BCUT2D eigenvalue weighted by atomic mass is 79.9. The molecule has 2 aromatic rings. The summed E-state index contributed by atoms with van der Waals surface area (Å²) in [5, 5.41) is 2.93. The molecule has 1 amide bonds. The predicted octanol–water partition coefficient (Wildman–Crippen LogP) is 3.39. The van der Waals surface area contributed by atoms with Crippen molar-refractivity contribution in [2.75, 3.05) is 13.2 Å². The van der Waals surface area contributed by atoms with Crippen LogP contribution >= 0.6 is 15.9 Å². The van der Waals surface area contributed by atoms with E-state index in [9.17, 15) is 4.79 Å². The second-order valence-electron chi connectivity index (χ2n) is 5.43. The summed E-state index contributed by atoms with van der Waals surface area (Å²) in [5.74, 6) is 0. The van der Waals surface area contributed by atoms with Crippen LogP contribution in [0.2, 0.25) is 0 Å². The van der Waals surface area contributed by atoms with E-state index in [2.05, 4.69) is 26.2 Å². The maximum atomic E-state index is 12.2. The number of hydrogen-bond donors (Lipinski definition) is 1. The average Bonchev–Trinajstić information content (AvgIpc) is 3.04. The molecule has 1 aromatic carbocycles. The third-order valence-electron chi connectivity index (χ3n) is 3.79. The van der Waals surface area contributed by atoms with Gasteiger partial charge in [-0.15, -0.1) is 0 Å². The number of ether oxygens (including phenoxy) is 2. The Balaban J connectivity index is 1.67. The summed E-state index contributed by atoms with van der Waals surface area (Å²) in [5.41, 5.74) is 1.09. The van der Waals surface area contributed by atoms with E-state index in [4.69, 9.17) is 9.47 Å². The number of pyridine rings is 1. The van der Waals surface area contributed by atoms with E-state index < -0.39 is 11.6 Å². The third kappa shape index (κ3) is 3.89. The Kier molecular flexibility index (Phi) is 4.93. The molecule has 0 radical (unpaired) electrons. The number of aromatic nitrogens is 1. The summed E-state index contributed by atoms with van der Waals surface area (Å²) in [6.45, 7) is 1.20. The molecule has 1 N–H and O–H groups in total. The molecule has 23 heavy (non-hydrogen) atoms. The van der Waals surface area contributed by atoms with Crippen LogP contribution in [0.25, 0.3) is 0 Å². The molecule has 6 heteroatoms. The van der Waals surface area contributed by atoms with Crippen LogP contribution in [0.4, 0.5) is 4.79 Å². The van der Waals surface area contributed by atoms with Gasteiger partial charge in [-0.2, -0.15) is 0 Å². The average molecular weight is 377 g/mol. The lowest BCUT2D eigenvalue weighted by atomic mass is 9.94. The number of halogens is 1. The van der Waals surface area contributed by atoms with E-state index in [1.807, 2.05) is 42.5 Å². The molecule has 1 fully saturated rings. The highest BCUT2D eigenvalue weighted by molar-refractivity contribution is 9.10. The highest BCUT2D eigenvalue weighted by Gasteiger charge is 2.40. The first-order chi connectivity index (χ1) is 11.2. The Morgan fingerprint density at radius 1 is 1.30 bits per heavy atom. The van der Waals surface area contributed by atoms with Gasteiger partial charge in [-0.25, -0.2) is 4.79 Å². The molecule has 0 saturated carbocycles. The smallest absolute Gasteiger partial charge is 0.408 e. The van der Waals surface area contributed by atoms with E-state index in [0.717, 1.165) is 15.7 Å². The number of amides is 1. The quantitative estimate of drug-likeness (QED) is 0.888. The van der Waals surface area contributed by atoms with Gasteiger partial charge in [0.05, 0.1) is 12.3 Å². The number of alkyl carbamates (subject to hydrolysis) is 1. The zero-order chi connectivity index (χ0) is 16.1. The molecular formula is C17H17BrN2O3. The number of nitrogens with one attached hydrogen (secondary N) is 1. The number of rotatable bonds is 4. The van der Waals surface area contributed by atoms with Gasteiger partial charge in [-0.05, 0) is 33.6 Å². The highest BCUT2D eigenvalue weighted by Crippen LogP contribution is 2.30. The molecule has 1 aromatic heterocycles. The van der Waals surface area contributed by atoms with Crippen LogP contribution in [0.15, 0.2) is 53.1 Å². The Hall–Kier alpha value is -1.92. The van der Waals surface area contributed by atoms with Gasteiger partial charge in [0, 0.05) is 23.7 Å². The van der Waals surface area contributed by atoms with Gasteiger partial charge in [-0.3, -0.25) is 4.98 Å². The van der Waals surface area contributed by atoms with E-state index in [1.165, 1.54) is 0 Å². The second-order valence-corrected chi connectivity index (χ2v) is 6.35. The number of nitrogens with zero attached hydrogens (tertiary/aromatic N) is 1. The van der Waals surface area contributed by atoms with Crippen molar-refractivity contribution in [2.45, 2.75) is 18.6 Å². The molecule has 1 saturated heterocycles. The maximum Gasteiger partial charge on any atom is 0.408 e. The van der Waals surface area contributed by atoms with Crippen molar-refractivity contribution in [2.24, 2.45) is 0 Å². The maximum absolute atomic E-state index is 12.2. The van der Waals surface area contributed by atoms with Crippen LogP contribution in [-0.2, 0) is 21.6 Å². The van der Waals surface area contributed by atoms with Crippen molar-refractivity contribution in [3.63, 3.8) is 0 Å². The SMILES string of the molecule is O=C(NC1(c2ccc(Br)cn2)CCOC1)OCc1ccccc1. The normalized spacial score (nSPS) is 20.2. The summed E-state index contributed by atoms with van der Waals surface area (Å²) in [4.78, 5) is 16.6. The molecule has 0 spiro atoms. The largest absolute Gasteiger partial charge is 0.445 e. The predicted molar refractivity (Wildman–Crippen MR) is 88.8 cm³/mol. The molecule has 5 nitrogen and oxygen atoms in total. The lowest BCUT2D eigenvalue weighted by Gasteiger charge is -2.27. The van der Waals surface area contributed by atoms with E-state index in [1.54, 1.807) is 6.20 Å². The Labute approximate surface area is 143 Å². The van der Waals surface area contributed by atoms with Gasteiger partial charge in [0.15, 0.2) is 0 Å². The summed E-state index contributed by atoms with van der Waals surface area (Å²) < 4.78 is 11.7. The molecule has 0 bridgehead atoms. The molecule has 1 unspecified atom stereocenters. The molecule has 3 rings (SSSR count). The Morgan fingerprint density at radius 3 is 2.78 bits per heavy atom. The van der Waals surface area contributed by atoms with Crippen molar-refractivity contribution in [1.82, 2.24) is 10.3 Å². The van der Waals surface area contributed by atoms with Crippen LogP contribution in [0.3, 0.4) is 0 Å². The standard InChI is InChI=1S/C17H17BrN2O3/c18-14-6-7-15(19-10-14)17(8-9-22-12-17)20-16(21)23-11-13-4-2-1-3-5-13/h1-7,10H,8-9,11-12H2,(H,20,21). The van der Waals surface area contributed by atoms with Crippen molar-refractivity contribution in [1.29, 1.82) is 0 Å². The van der Waals surface area contributed by atoms with E-state index in [-0.39, 0.29) is 6.61 Å². The van der Waals surface area contributed by atoms with Crippen LogP contribution in [-0.4, -0.2) is 24.3 Å². The minimum Gasteiger partial charge on any atom is -0.445 e. The lowest BCUT2D eigenvalue weighted by Crippen LogP contribution is -2.47. The third-order valence-corrected chi connectivity index (χ3v) is 4.26. The zero-order valence-corrected chi connectivity index (χ0v) is 14.1. The van der Waals surface area contributed by atoms with Crippen molar-refractivity contribution in [3.05, 3.63) is 64.4 Å². The van der Waals surface area contributed by atoms with E-state index in [0.29, 0.717) is 19.6 Å². The summed E-state index contributed by atoms with van der Waals surface area (Å²) in [6.07, 6.45) is 1.91. The zero-order valence-electron chi connectivity index (χ0n) is 12.5. The second kappa shape index (κ2) is 7.10. The van der Waals surface area contributed by atoms with Crippen LogP contribution in [0, 0.1) is 0 Å². The van der Waals surface area contributed by atoms with Crippen LogP contribution < -0.4 is 5.32 Å². The topological polar surface area (TPSA) is 60.5 Å². The molecule has 1 atom stereocenters. The first-order valence-electron chi connectivity index (χ1n) is 7.37. The minimum absolute atomic E-state index is 0.234. The molecule has 120 valence electrons. The summed E-state index contributed by atoms with van der Waals surface area (Å²) in [7, 11) is 0. The van der Waals surface area contributed by atoms with Gasteiger partial charge in [-0.1, -0.05) is 30.3 Å². The Morgan fingerprint density at radius 2 is 2.13 bits per heavy atom. The van der Waals surface area contributed by atoms with Crippen LogP contribution in [0.1, 0.15) is 17.7 Å². The molecule has 2 heterocycles.